The highest BCUT2D eigenvalue weighted by atomic mass is 16.6. The SMILES string of the molecule is CCCNCCCOCCOCCOCCOC. The Morgan fingerprint density at radius 2 is 1.28 bits per heavy atom. The number of ether oxygens (including phenoxy) is 4. The van der Waals surface area contributed by atoms with Gasteiger partial charge < -0.3 is 24.3 Å². The van der Waals surface area contributed by atoms with Crippen molar-refractivity contribution in [1.82, 2.24) is 5.32 Å². The van der Waals surface area contributed by atoms with Crippen molar-refractivity contribution in [3.05, 3.63) is 0 Å². The van der Waals surface area contributed by atoms with Crippen LogP contribution in [0.4, 0.5) is 0 Å². The van der Waals surface area contributed by atoms with E-state index in [2.05, 4.69) is 12.2 Å². The molecule has 0 saturated heterocycles. The van der Waals surface area contributed by atoms with E-state index < -0.39 is 0 Å². The number of hydrogen-bond donors (Lipinski definition) is 1. The van der Waals surface area contributed by atoms with E-state index in [4.69, 9.17) is 18.9 Å². The van der Waals surface area contributed by atoms with E-state index in [1.165, 1.54) is 6.42 Å². The van der Waals surface area contributed by atoms with Crippen molar-refractivity contribution in [3.63, 3.8) is 0 Å². The molecule has 0 aromatic heterocycles. The maximum atomic E-state index is 5.43. The van der Waals surface area contributed by atoms with E-state index in [9.17, 15) is 0 Å². The summed E-state index contributed by atoms with van der Waals surface area (Å²) in [6.07, 6.45) is 2.24. The van der Waals surface area contributed by atoms with Crippen LogP contribution in [0.5, 0.6) is 0 Å². The average Bonchev–Trinajstić information content (AvgIpc) is 2.39. The molecule has 0 heterocycles. The second-order valence-electron chi connectivity index (χ2n) is 3.93. The molecule has 0 spiro atoms. The minimum Gasteiger partial charge on any atom is -0.382 e. The Morgan fingerprint density at radius 1 is 0.722 bits per heavy atom. The van der Waals surface area contributed by atoms with Crippen molar-refractivity contribution in [2.45, 2.75) is 19.8 Å². The van der Waals surface area contributed by atoms with Gasteiger partial charge in [-0.25, -0.2) is 0 Å². The average molecular weight is 263 g/mol. The van der Waals surface area contributed by atoms with Crippen LogP contribution in [0.15, 0.2) is 0 Å². The van der Waals surface area contributed by atoms with Gasteiger partial charge in [-0.1, -0.05) is 6.92 Å². The monoisotopic (exact) mass is 263 g/mol. The topological polar surface area (TPSA) is 49.0 Å². The van der Waals surface area contributed by atoms with Crippen LogP contribution in [0.25, 0.3) is 0 Å². The molecule has 0 aliphatic rings. The zero-order chi connectivity index (χ0) is 13.3. The first kappa shape index (κ1) is 17.8. The number of methoxy groups -OCH3 is 1. The maximum Gasteiger partial charge on any atom is 0.0701 e. The van der Waals surface area contributed by atoms with Crippen molar-refractivity contribution in [1.29, 1.82) is 0 Å². The summed E-state index contributed by atoms with van der Waals surface area (Å²) in [6.45, 7) is 8.87. The molecule has 0 amide bonds. The lowest BCUT2D eigenvalue weighted by molar-refractivity contribution is 0.00346. The summed E-state index contributed by atoms with van der Waals surface area (Å²) in [7, 11) is 1.66. The number of nitrogens with one attached hydrogen (secondary N) is 1. The molecule has 0 saturated carbocycles. The normalized spacial score (nSPS) is 11.0. The number of rotatable bonds is 15. The van der Waals surface area contributed by atoms with Gasteiger partial charge in [-0.15, -0.1) is 0 Å². The Kier molecular flexibility index (Phi) is 16.6. The Morgan fingerprint density at radius 3 is 1.83 bits per heavy atom. The summed E-state index contributed by atoms with van der Waals surface area (Å²) >= 11 is 0. The molecule has 0 radical (unpaired) electrons. The van der Waals surface area contributed by atoms with Gasteiger partial charge in [-0.3, -0.25) is 0 Å². The van der Waals surface area contributed by atoms with Gasteiger partial charge in [0.25, 0.3) is 0 Å². The molecule has 0 unspecified atom stereocenters. The van der Waals surface area contributed by atoms with Crippen LogP contribution in [0, 0.1) is 0 Å². The first-order chi connectivity index (χ1) is 8.91. The molecule has 5 nitrogen and oxygen atoms in total. The van der Waals surface area contributed by atoms with Crippen LogP contribution in [-0.4, -0.2) is 66.4 Å². The Balaban J connectivity index is 2.86. The molecular formula is C13H29NO4. The van der Waals surface area contributed by atoms with Crippen molar-refractivity contribution in [2.24, 2.45) is 0 Å². The minimum absolute atomic E-state index is 0.615. The highest BCUT2D eigenvalue weighted by molar-refractivity contribution is 4.45. The first-order valence-corrected chi connectivity index (χ1v) is 6.84. The van der Waals surface area contributed by atoms with Crippen LogP contribution < -0.4 is 5.32 Å². The molecule has 0 aliphatic carbocycles. The Labute approximate surface area is 111 Å². The summed E-state index contributed by atoms with van der Waals surface area (Å²) in [5.74, 6) is 0. The van der Waals surface area contributed by atoms with Crippen LogP contribution in [0.2, 0.25) is 0 Å². The van der Waals surface area contributed by atoms with Crippen LogP contribution in [0.3, 0.4) is 0 Å². The maximum absolute atomic E-state index is 5.43. The second-order valence-corrected chi connectivity index (χ2v) is 3.93. The Hall–Kier alpha value is -0.200. The fourth-order valence-electron chi connectivity index (χ4n) is 1.29. The molecule has 0 aliphatic heterocycles. The smallest absolute Gasteiger partial charge is 0.0701 e. The summed E-state index contributed by atoms with van der Waals surface area (Å²) < 4.78 is 20.9. The molecule has 18 heavy (non-hydrogen) atoms. The van der Waals surface area contributed by atoms with Gasteiger partial charge in [0.2, 0.25) is 0 Å². The number of hydrogen-bond acceptors (Lipinski definition) is 5. The van der Waals surface area contributed by atoms with Gasteiger partial charge in [0.05, 0.1) is 39.6 Å². The minimum atomic E-state index is 0.615. The summed E-state index contributed by atoms with van der Waals surface area (Å²) in [5.41, 5.74) is 0. The lowest BCUT2D eigenvalue weighted by Crippen LogP contribution is -2.18. The van der Waals surface area contributed by atoms with Crippen LogP contribution >= 0.6 is 0 Å². The third-order valence-corrected chi connectivity index (χ3v) is 2.24. The summed E-state index contributed by atoms with van der Waals surface area (Å²) in [6, 6.07) is 0. The fourth-order valence-corrected chi connectivity index (χ4v) is 1.29. The highest BCUT2D eigenvalue weighted by Crippen LogP contribution is 1.84. The van der Waals surface area contributed by atoms with Gasteiger partial charge in [0.1, 0.15) is 0 Å². The first-order valence-electron chi connectivity index (χ1n) is 6.84. The zero-order valence-electron chi connectivity index (χ0n) is 11.9. The van der Waals surface area contributed by atoms with Crippen molar-refractivity contribution >= 4 is 0 Å². The molecule has 0 rings (SSSR count). The zero-order valence-corrected chi connectivity index (χ0v) is 11.9. The third-order valence-electron chi connectivity index (χ3n) is 2.24. The summed E-state index contributed by atoms with van der Waals surface area (Å²) in [4.78, 5) is 0. The van der Waals surface area contributed by atoms with Gasteiger partial charge in [0, 0.05) is 13.7 Å². The van der Waals surface area contributed by atoms with E-state index >= 15 is 0 Å². The molecule has 0 aromatic rings. The fraction of sp³-hybridized carbons (Fsp3) is 1.00. The molecule has 1 N–H and O–H groups in total. The van der Waals surface area contributed by atoms with E-state index in [0.29, 0.717) is 39.6 Å². The largest absolute Gasteiger partial charge is 0.382 e. The van der Waals surface area contributed by atoms with Crippen LogP contribution in [0.1, 0.15) is 19.8 Å². The highest BCUT2D eigenvalue weighted by Gasteiger charge is 1.92. The molecule has 0 bridgehead atoms. The van der Waals surface area contributed by atoms with Gasteiger partial charge in [-0.05, 0) is 25.9 Å². The van der Waals surface area contributed by atoms with E-state index in [1.54, 1.807) is 7.11 Å². The van der Waals surface area contributed by atoms with E-state index in [1.807, 2.05) is 0 Å². The third kappa shape index (κ3) is 15.8. The summed E-state index contributed by atoms with van der Waals surface area (Å²) in [5, 5.41) is 3.33. The van der Waals surface area contributed by atoms with Gasteiger partial charge >= 0.3 is 0 Å². The molecule has 110 valence electrons. The molecule has 5 heteroatoms. The lowest BCUT2D eigenvalue weighted by atomic mass is 10.4. The van der Waals surface area contributed by atoms with E-state index in [0.717, 1.165) is 26.1 Å². The van der Waals surface area contributed by atoms with E-state index in [-0.39, 0.29) is 0 Å². The van der Waals surface area contributed by atoms with Gasteiger partial charge in [-0.2, -0.15) is 0 Å². The molecule has 0 atom stereocenters. The molecular weight excluding hydrogens is 234 g/mol. The van der Waals surface area contributed by atoms with Crippen molar-refractivity contribution in [3.8, 4) is 0 Å². The lowest BCUT2D eigenvalue weighted by Gasteiger charge is -2.07. The van der Waals surface area contributed by atoms with Crippen molar-refractivity contribution in [2.75, 3.05) is 66.4 Å². The standard InChI is InChI=1S/C13H29NO4/c1-3-5-14-6-4-7-16-10-11-18-13-12-17-9-8-15-2/h14H,3-13H2,1-2H3. The predicted octanol–water partition coefficient (Wildman–Crippen LogP) is 1.07. The predicted molar refractivity (Wildman–Crippen MR) is 72.1 cm³/mol. The quantitative estimate of drug-likeness (QED) is 0.448. The Bertz CT molecular complexity index is 131. The van der Waals surface area contributed by atoms with Crippen molar-refractivity contribution < 1.29 is 18.9 Å². The van der Waals surface area contributed by atoms with Gasteiger partial charge in [0.15, 0.2) is 0 Å². The molecule has 0 aromatic carbocycles. The molecule has 0 fully saturated rings. The second kappa shape index (κ2) is 16.8. The van der Waals surface area contributed by atoms with Crippen LogP contribution in [-0.2, 0) is 18.9 Å².